The highest BCUT2D eigenvalue weighted by atomic mass is 32.1. The third kappa shape index (κ3) is 2.74. The molecule has 2 fully saturated rings. The third-order valence-corrected chi connectivity index (χ3v) is 6.58. The van der Waals surface area contributed by atoms with Gasteiger partial charge in [-0.3, -0.25) is 0 Å². The number of nitrogens with two attached hydrogens (primary N) is 1. The Kier molecular flexibility index (Phi) is 3.85. The number of thiazole rings is 1. The summed E-state index contributed by atoms with van der Waals surface area (Å²) in [6.07, 6.45) is 9.88. The van der Waals surface area contributed by atoms with Gasteiger partial charge >= 0.3 is 0 Å². The molecule has 2 aliphatic rings. The van der Waals surface area contributed by atoms with Gasteiger partial charge < -0.3 is 16.0 Å². The highest BCUT2D eigenvalue weighted by molar-refractivity contribution is 7.22. The second kappa shape index (κ2) is 6.35. The Morgan fingerprint density at radius 1 is 1.15 bits per heavy atom. The lowest BCUT2D eigenvalue weighted by Gasteiger charge is -2.37. The number of aromatic nitrogens is 4. The summed E-state index contributed by atoms with van der Waals surface area (Å²) in [5.41, 5.74) is 6.72. The lowest BCUT2D eigenvalue weighted by molar-refractivity contribution is 0.362. The maximum Gasteiger partial charge on any atom is 0.186 e. The van der Waals surface area contributed by atoms with Crippen LogP contribution in [0.2, 0.25) is 0 Å². The van der Waals surface area contributed by atoms with Crippen LogP contribution in [0.15, 0.2) is 24.7 Å². The van der Waals surface area contributed by atoms with Crippen LogP contribution in [0.5, 0.6) is 0 Å². The maximum atomic E-state index is 5.75. The molecule has 3 aromatic heterocycles. The van der Waals surface area contributed by atoms with E-state index < -0.39 is 0 Å². The molecular weight excluding hydrogens is 346 g/mol. The summed E-state index contributed by atoms with van der Waals surface area (Å²) in [6, 6.07) is 4.34. The van der Waals surface area contributed by atoms with Crippen LogP contribution in [-0.2, 0) is 0 Å². The quantitative estimate of drug-likeness (QED) is 0.731. The standard InChI is InChI=1S/C18H21N7S/c19-14-9-15(22-10-21-14)24-17-16-12(6-7-20-17)23-18(26-16)25-8-2-4-11-3-1-5-13(11)25/h6-7,9-11,13H,1-5,8H2,(H3,19,20,21,22,24). The summed E-state index contributed by atoms with van der Waals surface area (Å²) < 4.78 is 1.06. The first kappa shape index (κ1) is 15.7. The minimum absolute atomic E-state index is 0.431. The highest BCUT2D eigenvalue weighted by Crippen LogP contribution is 2.42. The van der Waals surface area contributed by atoms with E-state index in [4.69, 9.17) is 10.7 Å². The van der Waals surface area contributed by atoms with Crippen molar-refractivity contribution in [1.82, 2.24) is 19.9 Å². The molecule has 8 heteroatoms. The molecule has 1 aliphatic heterocycles. The fourth-order valence-corrected chi connectivity index (χ4v) is 5.40. The largest absolute Gasteiger partial charge is 0.384 e. The first-order valence-corrected chi connectivity index (χ1v) is 9.96. The van der Waals surface area contributed by atoms with E-state index in [9.17, 15) is 0 Å². The van der Waals surface area contributed by atoms with Crippen molar-refractivity contribution in [2.24, 2.45) is 5.92 Å². The molecule has 2 atom stereocenters. The predicted molar refractivity (Wildman–Crippen MR) is 105 cm³/mol. The Labute approximate surface area is 155 Å². The number of hydrogen-bond acceptors (Lipinski definition) is 8. The van der Waals surface area contributed by atoms with Crippen molar-refractivity contribution in [2.45, 2.75) is 38.1 Å². The van der Waals surface area contributed by atoms with Gasteiger partial charge in [-0.15, -0.1) is 0 Å². The first-order valence-electron chi connectivity index (χ1n) is 9.15. The van der Waals surface area contributed by atoms with E-state index in [-0.39, 0.29) is 0 Å². The summed E-state index contributed by atoms with van der Waals surface area (Å²) in [6.45, 7) is 1.11. The van der Waals surface area contributed by atoms with Crippen LogP contribution < -0.4 is 16.0 Å². The van der Waals surface area contributed by atoms with Gasteiger partial charge in [0.15, 0.2) is 10.9 Å². The molecule has 3 aromatic rings. The lowest BCUT2D eigenvalue weighted by atomic mass is 9.92. The van der Waals surface area contributed by atoms with Crippen molar-refractivity contribution in [3.63, 3.8) is 0 Å². The summed E-state index contributed by atoms with van der Waals surface area (Å²) in [5.74, 6) is 2.68. The van der Waals surface area contributed by atoms with Gasteiger partial charge in [0.05, 0.1) is 10.2 Å². The number of piperidine rings is 1. The van der Waals surface area contributed by atoms with Crippen LogP contribution in [0.25, 0.3) is 10.2 Å². The Hall–Kier alpha value is -2.48. The molecule has 0 aromatic carbocycles. The molecule has 26 heavy (non-hydrogen) atoms. The first-order chi connectivity index (χ1) is 12.8. The number of nitrogens with zero attached hydrogens (tertiary/aromatic N) is 5. The zero-order chi connectivity index (χ0) is 17.5. The second-order valence-corrected chi connectivity index (χ2v) is 8.03. The fourth-order valence-electron chi connectivity index (χ4n) is 4.31. The van der Waals surface area contributed by atoms with E-state index in [1.165, 1.54) is 38.4 Å². The normalized spacial score (nSPS) is 22.5. The highest BCUT2D eigenvalue weighted by Gasteiger charge is 2.36. The number of pyridine rings is 1. The molecule has 0 bridgehead atoms. The van der Waals surface area contributed by atoms with Crippen LogP contribution in [0.1, 0.15) is 32.1 Å². The Bertz CT molecular complexity index is 940. The fraction of sp³-hybridized carbons (Fsp3) is 0.444. The summed E-state index contributed by atoms with van der Waals surface area (Å²) in [5, 5.41) is 4.38. The number of hydrogen-bond donors (Lipinski definition) is 2. The van der Waals surface area contributed by atoms with Gasteiger partial charge in [0.2, 0.25) is 0 Å². The molecule has 5 rings (SSSR count). The number of nitrogen functional groups attached to an aromatic ring is 1. The van der Waals surface area contributed by atoms with Crippen LogP contribution in [-0.4, -0.2) is 32.5 Å². The summed E-state index contributed by atoms with van der Waals surface area (Å²) >= 11 is 1.72. The van der Waals surface area contributed by atoms with Crippen molar-refractivity contribution in [2.75, 3.05) is 22.5 Å². The molecule has 0 radical (unpaired) electrons. The Morgan fingerprint density at radius 3 is 3.00 bits per heavy atom. The van der Waals surface area contributed by atoms with Gasteiger partial charge in [0.1, 0.15) is 18.0 Å². The maximum absolute atomic E-state index is 5.75. The average molecular weight is 367 g/mol. The van der Waals surface area contributed by atoms with Gasteiger partial charge in [0, 0.05) is 24.8 Å². The molecule has 0 spiro atoms. The zero-order valence-electron chi connectivity index (χ0n) is 14.4. The third-order valence-electron chi connectivity index (χ3n) is 5.47. The van der Waals surface area contributed by atoms with E-state index in [0.717, 1.165) is 33.6 Å². The van der Waals surface area contributed by atoms with Crippen molar-refractivity contribution >= 4 is 44.1 Å². The molecule has 134 valence electrons. The number of nitrogens with one attached hydrogen (secondary N) is 1. The van der Waals surface area contributed by atoms with Gasteiger partial charge in [-0.1, -0.05) is 17.8 Å². The van der Waals surface area contributed by atoms with E-state index in [2.05, 4.69) is 25.2 Å². The van der Waals surface area contributed by atoms with Crippen LogP contribution >= 0.6 is 11.3 Å². The van der Waals surface area contributed by atoms with Crippen molar-refractivity contribution in [1.29, 1.82) is 0 Å². The van der Waals surface area contributed by atoms with E-state index >= 15 is 0 Å². The molecular formula is C18H21N7S. The molecule has 4 heterocycles. The Morgan fingerprint density at radius 2 is 2.08 bits per heavy atom. The molecule has 1 saturated carbocycles. The number of rotatable bonds is 3. The van der Waals surface area contributed by atoms with E-state index in [0.29, 0.717) is 17.7 Å². The van der Waals surface area contributed by atoms with Gasteiger partial charge in [0.25, 0.3) is 0 Å². The average Bonchev–Trinajstić information content (AvgIpc) is 3.29. The number of fused-ring (bicyclic) bond motifs is 2. The molecule has 2 unspecified atom stereocenters. The van der Waals surface area contributed by atoms with Crippen molar-refractivity contribution < 1.29 is 0 Å². The zero-order valence-corrected chi connectivity index (χ0v) is 15.2. The minimum Gasteiger partial charge on any atom is -0.384 e. The van der Waals surface area contributed by atoms with Crippen molar-refractivity contribution in [3.8, 4) is 0 Å². The van der Waals surface area contributed by atoms with Gasteiger partial charge in [-0.25, -0.2) is 19.9 Å². The molecule has 1 aliphatic carbocycles. The summed E-state index contributed by atoms with van der Waals surface area (Å²) in [4.78, 5) is 20.1. The van der Waals surface area contributed by atoms with Crippen molar-refractivity contribution in [3.05, 3.63) is 24.7 Å². The second-order valence-electron chi connectivity index (χ2n) is 7.05. The van der Waals surface area contributed by atoms with E-state index in [1.807, 2.05) is 6.07 Å². The van der Waals surface area contributed by atoms with E-state index in [1.54, 1.807) is 23.6 Å². The lowest BCUT2D eigenvalue weighted by Crippen LogP contribution is -2.42. The summed E-state index contributed by atoms with van der Waals surface area (Å²) in [7, 11) is 0. The van der Waals surface area contributed by atoms with Crippen LogP contribution in [0, 0.1) is 5.92 Å². The predicted octanol–water partition coefficient (Wildman–Crippen LogP) is 3.58. The number of anilines is 4. The smallest absolute Gasteiger partial charge is 0.186 e. The monoisotopic (exact) mass is 367 g/mol. The molecule has 7 nitrogen and oxygen atoms in total. The topological polar surface area (TPSA) is 92.8 Å². The van der Waals surface area contributed by atoms with Crippen LogP contribution in [0.4, 0.5) is 22.6 Å². The SMILES string of the molecule is Nc1cc(Nc2nccc3nc(N4CCCC5CCCC54)sc23)ncn1. The Balaban J connectivity index is 1.49. The molecule has 0 amide bonds. The minimum atomic E-state index is 0.431. The molecule has 3 N–H and O–H groups in total. The van der Waals surface area contributed by atoms with Crippen LogP contribution in [0.3, 0.4) is 0 Å². The van der Waals surface area contributed by atoms with Gasteiger partial charge in [-0.2, -0.15) is 0 Å². The van der Waals surface area contributed by atoms with Gasteiger partial charge in [-0.05, 0) is 37.7 Å². The molecule has 1 saturated heterocycles.